The molecule has 1 aliphatic rings. The van der Waals surface area contributed by atoms with E-state index in [0.717, 1.165) is 0 Å². The van der Waals surface area contributed by atoms with Gasteiger partial charge in [-0.2, -0.15) is 0 Å². The van der Waals surface area contributed by atoms with Crippen molar-refractivity contribution < 1.29 is 24.2 Å². The zero-order valence-electron chi connectivity index (χ0n) is 8.28. The Morgan fingerprint density at radius 1 is 1.43 bits per heavy atom. The Kier molecular flexibility index (Phi) is 3.23. The largest absolute Gasteiger partial charge is 0.468 e. The summed E-state index contributed by atoms with van der Waals surface area (Å²) in [4.78, 5) is 22.9. The molecule has 0 aromatic carbocycles. The zero-order valence-corrected chi connectivity index (χ0v) is 8.28. The predicted octanol–water partition coefficient (Wildman–Crippen LogP) is -0.484. The Morgan fingerprint density at radius 3 is 2.36 bits per heavy atom. The lowest BCUT2D eigenvalue weighted by molar-refractivity contribution is -0.174. The van der Waals surface area contributed by atoms with Crippen LogP contribution in [0.5, 0.6) is 0 Å². The minimum absolute atomic E-state index is 0.123. The minimum atomic E-state index is -1.16. The van der Waals surface area contributed by atoms with Crippen molar-refractivity contribution in [3.63, 3.8) is 0 Å². The van der Waals surface area contributed by atoms with Gasteiger partial charge in [-0.05, 0) is 12.8 Å². The van der Waals surface area contributed by atoms with Crippen LogP contribution < -0.4 is 0 Å². The average Bonchev–Trinajstić information content (AvgIpc) is 2.11. The molecule has 1 fully saturated rings. The molecule has 5 nitrogen and oxygen atoms in total. The van der Waals surface area contributed by atoms with Crippen molar-refractivity contribution in [1.29, 1.82) is 0 Å². The number of methoxy groups -OCH3 is 2. The number of Topliss-reactive ketones (excluding diaryl/α,β-unsaturated/α-hetero) is 1. The van der Waals surface area contributed by atoms with Crippen LogP contribution in [0.25, 0.3) is 0 Å². The second-order valence-electron chi connectivity index (χ2n) is 3.49. The molecular formula is C9H14O5. The first-order valence-corrected chi connectivity index (χ1v) is 4.35. The van der Waals surface area contributed by atoms with Crippen molar-refractivity contribution in [2.24, 2.45) is 5.41 Å². The molecule has 0 bridgehead atoms. The van der Waals surface area contributed by atoms with E-state index in [0.29, 0.717) is 0 Å². The van der Waals surface area contributed by atoms with Crippen molar-refractivity contribution in [2.75, 3.05) is 20.8 Å². The number of ketones is 1. The summed E-state index contributed by atoms with van der Waals surface area (Å²) in [6.07, 6.45) is -0.307. The molecule has 0 spiro atoms. The zero-order chi connectivity index (χ0) is 10.8. The average molecular weight is 202 g/mol. The molecular weight excluding hydrogens is 188 g/mol. The third-order valence-corrected chi connectivity index (χ3v) is 2.55. The fraction of sp³-hybridized carbons (Fsp3) is 0.778. The van der Waals surface area contributed by atoms with E-state index in [1.54, 1.807) is 0 Å². The normalized spacial score (nSPS) is 30.6. The van der Waals surface area contributed by atoms with Gasteiger partial charge in [0.1, 0.15) is 12.0 Å². The molecule has 0 atom stereocenters. The Hall–Kier alpha value is -0.940. The standard InChI is InChI=1S/C9H14O5/c1-13-5-7(11)9(8(12)14-2)3-6(10)4-9/h6,10H,3-5H2,1-2H3. The number of aliphatic hydroxyl groups excluding tert-OH is 1. The highest BCUT2D eigenvalue weighted by Gasteiger charge is 2.55. The molecule has 1 rings (SSSR count). The maximum absolute atomic E-state index is 11.6. The molecule has 0 aromatic heterocycles. The van der Waals surface area contributed by atoms with Gasteiger partial charge in [-0.1, -0.05) is 0 Å². The number of hydrogen-bond acceptors (Lipinski definition) is 5. The number of rotatable bonds is 4. The maximum Gasteiger partial charge on any atom is 0.319 e. The lowest BCUT2D eigenvalue weighted by atomic mass is 9.64. The summed E-state index contributed by atoms with van der Waals surface area (Å²) >= 11 is 0. The molecule has 0 aliphatic heterocycles. The van der Waals surface area contributed by atoms with Gasteiger partial charge < -0.3 is 14.6 Å². The van der Waals surface area contributed by atoms with E-state index in [1.165, 1.54) is 14.2 Å². The van der Waals surface area contributed by atoms with Crippen LogP contribution in [0.4, 0.5) is 0 Å². The molecule has 5 heteroatoms. The van der Waals surface area contributed by atoms with Gasteiger partial charge in [-0.25, -0.2) is 0 Å². The van der Waals surface area contributed by atoms with Gasteiger partial charge in [0, 0.05) is 7.11 Å². The fourth-order valence-corrected chi connectivity index (χ4v) is 1.72. The molecule has 1 saturated carbocycles. The fourth-order valence-electron chi connectivity index (χ4n) is 1.72. The number of carbonyl (C=O) groups excluding carboxylic acids is 2. The summed E-state index contributed by atoms with van der Waals surface area (Å²) in [5.41, 5.74) is -1.16. The van der Waals surface area contributed by atoms with Crippen LogP contribution in [-0.4, -0.2) is 43.8 Å². The monoisotopic (exact) mass is 202 g/mol. The molecule has 1 aliphatic carbocycles. The molecule has 0 aromatic rings. The van der Waals surface area contributed by atoms with Crippen molar-refractivity contribution in [3.8, 4) is 0 Å². The Bertz CT molecular complexity index is 242. The van der Waals surface area contributed by atoms with Gasteiger partial charge in [-0.3, -0.25) is 9.59 Å². The first-order chi connectivity index (χ1) is 6.56. The van der Waals surface area contributed by atoms with E-state index in [1.807, 2.05) is 0 Å². The number of aliphatic hydroxyl groups is 1. The van der Waals surface area contributed by atoms with Gasteiger partial charge in [0.25, 0.3) is 0 Å². The lowest BCUT2D eigenvalue weighted by Crippen LogP contribution is -2.54. The highest BCUT2D eigenvalue weighted by Crippen LogP contribution is 2.43. The summed E-state index contributed by atoms with van der Waals surface area (Å²) in [5.74, 6) is -0.901. The molecule has 80 valence electrons. The summed E-state index contributed by atoms with van der Waals surface area (Å²) in [6, 6.07) is 0. The van der Waals surface area contributed by atoms with Crippen LogP contribution in [0, 0.1) is 5.41 Å². The second-order valence-corrected chi connectivity index (χ2v) is 3.49. The molecule has 0 radical (unpaired) electrons. The van der Waals surface area contributed by atoms with Crippen LogP contribution in [0.1, 0.15) is 12.8 Å². The molecule has 1 N–H and O–H groups in total. The minimum Gasteiger partial charge on any atom is -0.468 e. The second kappa shape index (κ2) is 4.06. The Labute approximate surface area is 82.0 Å². The van der Waals surface area contributed by atoms with E-state index >= 15 is 0 Å². The molecule has 0 unspecified atom stereocenters. The van der Waals surface area contributed by atoms with Crippen LogP contribution in [0.15, 0.2) is 0 Å². The third-order valence-electron chi connectivity index (χ3n) is 2.55. The van der Waals surface area contributed by atoms with Gasteiger partial charge >= 0.3 is 5.97 Å². The Morgan fingerprint density at radius 2 is 2.00 bits per heavy atom. The highest BCUT2D eigenvalue weighted by atomic mass is 16.5. The van der Waals surface area contributed by atoms with Crippen molar-refractivity contribution in [3.05, 3.63) is 0 Å². The third kappa shape index (κ3) is 1.65. The molecule has 0 heterocycles. The molecule has 14 heavy (non-hydrogen) atoms. The van der Waals surface area contributed by atoms with E-state index in [4.69, 9.17) is 5.11 Å². The van der Waals surface area contributed by atoms with Crippen molar-refractivity contribution in [1.82, 2.24) is 0 Å². The quantitative estimate of drug-likeness (QED) is 0.492. The summed E-state index contributed by atoms with van der Waals surface area (Å²) in [5, 5.41) is 9.14. The number of ether oxygens (including phenoxy) is 2. The van der Waals surface area contributed by atoms with Gasteiger partial charge in [-0.15, -0.1) is 0 Å². The summed E-state index contributed by atoms with van der Waals surface area (Å²) in [6.45, 7) is -0.123. The van der Waals surface area contributed by atoms with E-state index in [2.05, 4.69) is 9.47 Å². The number of esters is 1. The highest BCUT2D eigenvalue weighted by molar-refractivity contribution is 6.05. The van der Waals surface area contributed by atoms with Crippen molar-refractivity contribution in [2.45, 2.75) is 18.9 Å². The predicted molar refractivity (Wildman–Crippen MR) is 46.6 cm³/mol. The van der Waals surface area contributed by atoms with E-state index in [9.17, 15) is 9.59 Å². The Balaban J connectivity index is 2.73. The van der Waals surface area contributed by atoms with Gasteiger partial charge in [0.05, 0.1) is 13.2 Å². The smallest absolute Gasteiger partial charge is 0.319 e. The first-order valence-electron chi connectivity index (χ1n) is 4.35. The molecule has 0 saturated heterocycles. The topological polar surface area (TPSA) is 72.8 Å². The van der Waals surface area contributed by atoms with Crippen LogP contribution in [0.2, 0.25) is 0 Å². The van der Waals surface area contributed by atoms with Gasteiger partial charge in [0.15, 0.2) is 5.78 Å². The van der Waals surface area contributed by atoms with Crippen LogP contribution in [0.3, 0.4) is 0 Å². The molecule has 0 amide bonds. The summed E-state index contributed by atoms with van der Waals surface area (Å²) in [7, 11) is 2.62. The van der Waals surface area contributed by atoms with Crippen molar-refractivity contribution >= 4 is 11.8 Å². The first kappa shape index (κ1) is 11.1. The SMILES string of the molecule is COCC(=O)C1(C(=O)OC)CC(O)C1. The van der Waals surface area contributed by atoms with Crippen LogP contribution >= 0.6 is 0 Å². The van der Waals surface area contributed by atoms with E-state index in [-0.39, 0.29) is 25.2 Å². The van der Waals surface area contributed by atoms with E-state index < -0.39 is 17.5 Å². The number of hydrogen-bond donors (Lipinski definition) is 1. The maximum atomic E-state index is 11.6. The summed E-state index contributed by atoms with van der Waals surface area (Å²) < 4.78 is 9.22. The number of carbonyl (C=O) groups is 2. The van der Waals surface area contributed by atoms with Crippen LogP contribution in [-0.2, 0) is 19.1 Å². The van der Waals surface area contributed by atoms with Gasteiger partial charge in [0.2, 0.25) is 0 Å². The lowest BCUT2D eigenvalue weighted by Gasteiger charge is -2.40.